The smallest absolute Gasteiger partial charge is 0.277 e. The molecule has 3 heterocycles. The number of H-pyrrole nitrogens is 1. The van der Waals surface area contributed by atoms with Gasteiger partial charge < -0.3 is 19.4 Å². The molecule has 3 aromatic heterocycles. The maximum absolute atomic E-state index is 13.1. The zero-order valence-corrected chi connectivity index (χ0v) is 21.6. The number of amides is 2. The molecule has 0 aliphatic rings. The van der Waals surface area contributed by atoms with Gasteiger partial charge in [-0.15, -0.1) is 0 Å². The van der Waals surface area contributed by atoms with Crippen LogP contribution in [0.3, 0.4) is 0 Å². The van der Waals surface area contributed by atoms with Crippen LogP contribution in [0.5, 0.6) is 5.75 Å². The molecule has 0 aliphatic carbocycles. The molecule has 0 bridgehead atoms. The van der Waals surface area contributed by atoms with E-state index in [1.54, 1.807) is 53.4 Å². The number of fused-ring (bicyclic) bond motifs is 1. The van der Waals surface area contributed by atoms with Gasteiger partial charge in [-0.05, 0) is 42.8 Å². The fraction of sp³-hybridized carbons (Fsp3) is 0.179. The minimum atomic E-state index is -0.456. The Morgan fingerprint density at radius 1 is 1.05 bits per heavy atom. The molecular weight excluding hydrogens is 484 g/mol. The number of aryl methyl sites for hydroxylation is 2. The molecule has 0 radical (unpaired) electrons. The molecule has 192 valence electrons. The van der Waals surface area contributed by atoms with Gasteiger partial charge in [0.2, 0.25) is 0 Å². The molecule has 2 aromatic carbocycles. The number of hydrogen-bond acceptors (Lipinski definition) is 7. The summed E-state index contributed by atoms with van der Waals surface area (Å²) < 4.78 is 10.9. The first kappa shape index (κ1) is 24.7. The summed E-state index contributed by atoms with van der Waals surface area (Å²) in [6.07, 6.45) is 1.70. The third-order valence-electron chi connectivity index (χ3n) is 6.14. The first-order chi connectivity index (χ1) is 18.3. The molecular formula is C28H26N6O4. The fourth-order valence-corrected chi connectivity index (χ4v) is 4.29. The number of aromatic amines is 1. The van der Waals surface area contributed by atoms with Gasteiger partial charge in [0.25, 0.3) is 11.8 Å². The van der Waals surface area contributed by atoms with Crippen LogP contribution in [0, 0.1) is 13.8 Å². The van der Waals surface area contributed by atoms with Crippen molar-refractivity contribution in [2.24, 2.45) is 0 Å². The first-order valence-corrected chi connectivity index (χ1v) is 11.9. The summed E-state index contributed by atoms with van der Waals surface area (Å²) in [6.45, 7) is 3.34. The summed E-state index contributed by atoms with van der Waals surface area (Å²) in [5.74, 6) is 0.787. The van der Waals surface area contributed by atoms with Gasteiger partial charge in [0.15, 0.2) is 17.2 Å². The summed E-state index contributed by atoms with van der Waals surface area (Å²) in [5.41, 5.74) is 4.59. The molecule has 0 saturated heterocycles. The van der Waals surface area contributed by atoms with Crippen molar-refractivity contribution < 1.29 is 18.7 Å². The first-order valence-electron chi connectivity index (χ1n) is 11.9. The lowest BCUT2D eigenvalue weighted by atomic mass is 10.00. The number of pyridine rings is 1. The molecule has 0 unspecified atom stereocenters. The number of ether oxygens (including phenoxy) is 1. The SMILES string of the molecule is COc1ccccc1-c1[nH]nc2ncc(-c3ccc(NC(=O)c4nc(C)oc4C)c(C(=O)N(C)C)c3)cc12. The van der Waals surface area contributed by atoms with Crippen LogP contribution >= 0.6 is 0 Å². The normalized spacial score (nSPS) is 11.0. The maximum Gasteiger partial charge on any atom is 0.277 e. The molecule has 0 atom stereocenters. The van der Waals surface area contributed by atoms with Crippen LogP contribution in [0.1, 0.15) is 32.5 Å². The Kier molecular flexibility index (Phi) is 6.38. The molecule has 5 rings (SSSR count). The van der Waals surface area contributed by atoms with Gasteiger partial charge in [-0.1, -0.05) is 18.2 Å². The largest absolute Gasteiger partial charge is 0.496 e. The lowest BCUT2D eigenvalue weighted by Gasteiger charge is -2.16. The molecule has 0 spiro atoms. The lowest BCUT2D eigenvalue weighted by Crippen LogP contribution is -2.24. The van der Waals surface area contributed by atoms with E-state index < -0.39 is 5.91 Å². The molecule has 10 nitrogen and oxygen atoms in total. The molecule has 0 saturated carbocycles. The number of rotatable bonds is 6. The van der Waals surface area contributed by atoms with Crippen molar-refractivity contribution in [2.75, 3.05) is 26.5 Å². The van der Waals surface area contributed by atoms with Gasteiger partial charge in [-0.2, -0.15) is 5.10 Å². The molecule has 5 aromatic rings. The molecule has 10 heteroatoms. The number of nitrogens with one attached hydrogen (secondary N) is 2. The van der Waals surface area contributed by atoms with Crippen LogP contribution in [0.4, 0.5) is 5.69 Å². The Morgan fingerprint density at radius 2 is 1.84 bits per heavy atom. The fourth-order valence-electron chi connectivity index (χ4n) is 4.29. The van der Waals surface area contributed by atoms with Gasteiger partial charge in [-0.3, -0.25) is 14.7 Å². The van der Waals surface area contributed by atoms with Crippen LogP contribution in [0.25, 0.3) is 33.4 Å². The van der Waals surface area contributed by atoms with E-state index in [9.17, 15) is 9.59 Å². The number of benzene rings is 2. The number of carbonyl (C=O) groups is 2. The Hall–Kier alpha value is -4.99. The second-order valence-corrected chi connectivity index (χ2v) is 8.95. The summed E-state index contributed by atoms with van der Waals surface area (Å²) in [4.78, 5) is 36.1. The minimum absolute atomic E-state index is 0.174. The van der Waals surface area contributed by atoms with E-state index >= 15 is 0 Å². The van der Waals surface area contributed by atoms with Crippen LogP contribution in [-0.2, 0) is 0 Å². The Balaban J connectivity index is 1.57. The Labute approximate surface area is 218 Å². The average molecular weight is 511 g/mol. The van der Waals surface area contributed by atoms with Crippen molar-refractivity contribution in [1.82, 2.24) is 25.1 Å². The van der Waals surface area contributed by atoms with Crippen molar-refractivity contribution in [3.8, 4) is 28.1 Å². The average Bonchev–Trinajstić information content (AvgIpc) is 3.49. The van der Waals surface area contributed by atoms with Crippen molar-refractivity contribution >= 4 is 28.5 Å². The summed E-state index contributed by atoms with van der Waals surface area (Å²) in [7, 11) is 4.94. The second-order valence-electron chi connectivity index (χ2n) is 8.95. The highest BCUT2D eigenvalue weighted by Crippen LogP contribution is 2.35. The number of anilines is 1. The summed E-state index contributed by atoms with van der Waals surface area (Å²) in [5, 5.41) is 11.0. The maximum atomic E-state index is 13.1. The predicted molar refractivity (Wildman–Crippen MR) is 143 cm³/mol. The third kappa shape index (κ3) is 4.47. The molecule has 2 N–H and O–H groups in total. The van der Waals surface area contributed by atoms with Crippen molar-refractivity contribution in [3.05, 3.63) is 77.6 Å². The van der Waals surface area contributed by atoms with E-state index in [0.717, 1.165) is 27.8 Å². The quantitative estimate of drug-likeness (QED) is 0.334. The topological polar surface area (TPSA) is 126 Å². The summed E-state index contributed by atoms with van der Waals surface area (Å²) >= 11 is 0. The van der Waals surface area contributed by atoms with E-state index in [1.807, 2.05) is 36.4 Å². The Morgan fingerprint density at radius 3 is 2.55 bits per heavy atom. The van der Waals surface area contributed by atoms with E-state index in [1.165, 1.54) is 4.90 Å². The van der Waals surface area contributed by atoms with Crippen molar-refractivity contribution in [3.63, 3.8) is 0 Å². The van der Waals surface area contributed by atoms with Gasteiger partial charge in [0, 0.05) is 43.7 Å². The van der Waals surface area contributed by atoms with E-state index in [4.69, 9.17) is 9.15 Å². The summed E-state index contributed by atoms with van der Waals surface area (Å²) in [6, 6.07) is 14.9. The van der Waals surface area contributed by atoms with Crippen LogP contribution in [-0.4, -0.2) is 58.1 Å². The standard InChI is InChI=1S/C28H26N6O4/c1-15-24(30-16(2)38-15)27(35)31-22-11-10-17(12-20(22)28(36)34(3)4)18-13-21-25(32-33-26(21)29-14-18)19-8-6-7-9-23(19)37-5/h6-14H,1-5H3,(H,31,35)(H,29,32,33). The zero-order chi connectivity index (χ0) is 27.0. The van der Waals surface area contributed by atoms with Crippen LogP contribution in [0.15, 0.2) is 59.1 Å². The number of para-hydroxylation sites is 1. The predicted octanol–water partition coefficient (Wildman–Crippen LogP) is 4.86. The zero-order valence-electron chi connectivity index (χ0n) is 21.6. The van der Waals surface area contributed by atoms with Gasteiger partial charge >= 0.3 is 0 Å². The highest BCUT2D eigenvalue weighted by Gasteiger charge is 2.21. The number of aromatic nitrogens is 4. The third-order valence-corrected chi connectivity index (χ3v) is 6.14. The number of carbonyl (C=O) groups excluding carboxylic acids is 2. The van der Waals surface area contributed by atoms with E-state index in [-0.39, 0.29) is 11.6 Å². The molecule has 2 amide bonds. The van der Waals surface area contributed by atoms with E-state index in [2.05, 4.69) is 25.5 Å². The highest BCUT2D eigenvalue weighted by atomic mass is 16.5. The van der Waals surface area contributed by atoms with Gasteiger partial charge in [0.1, 0.15) is 11.5 Å². The van der Waals surface area contributed by atoms with Crippen LogP contribution in [0.2, 0.25) is 0 Å². The van der Waals surface area contributed by atoms with Gasteiger partial charge in [-0.25, -0.2) is 9.97 Å². The minimum Gasteiger partial charge on any atom is -0.496 e. The number of methoxy groups -OCH3 is 1. The van der Waals surface area contributed by atoms with Crippen molar-refractivity contribution in [2.45, 2.75) is 13.8 Å². The highest BCUT2D eigenvalue weighted by molar-refractivity contribution is 6.09. The molecule has 0 fully saturated rings. The van der Waals surface area contributed by atoms with Gasteiger partial charge in [0.05, 0.1) is 24.1 Å². The monoisotopic (exact) mass is 510 g/mol. The van der Waals surface area contributed by atoms with Crippen molar-refractivity contribution in [1.29, 1.82) is 0 Å². The van der Waals surface area contributed by atoms with Crippen LogP contribution < -0.4 is 10.1 Å². The second kappa shape index (κ2) is 9.81. The lowest BCUT2D eigenvalue weighted by molar-refractivity contribution is 0.0828. The number of nitrogens with zero attached hydrogens (tertiary/aromatic N) is 4. The Bertz CT molecular complexity index is 1680. The molecule has 38 heavy (non-hydrogen) atoms. The molecule has 0 aliphatic heterocycles. The van der Waals surface area contributed by atoms with E-state index in [0.29, 0.717) is 34.3 Å². The number of oxazole rings is 1. The number of hydrogen-bond donors (Lipinski definition) is 2.